The first-order valence-electron chi connectivity index (χ1n) is 9.97. The predicted molar refractivity (Wildman–Crippen MR) is 109 cm³/mol. The van der Waals surface area contributed by atoms with Crippen molar-refractivity contribution in [1.29, 1.82) is 0 Å². The molecule has 0 spiro atoms. The zero-order valence-electron chi connectivity index (χ0n) is 16.3. The third kappa shape index (κ3) is 4.90. The number of nitrogens with zero attached hydrogens (tertiary/aromatic N) is 2. The van der Waals surface area contributed by atoms with Gasteiger partial charge in [-0.05, 0) is 42.0 Å². The lowest BCUT2D eigenvalue weighted by atomic mass is 9.97. The molecule has 1 aromatic heterocycles. The van der Waals surface area contributed by atoms with Gasteiger partial charge in [0.2, 0.25) is 0 Å². The summed E-state index contributed by atoms with van der Waals surface area (Å²) < 4.78 is 45.8. The largest absolute Gasteiger partial charge is 0.459 e. The topological polar surface area (TPSA) is 47.0 Å². The van der Waals surface area contributed by atoms with Crippen molar-refractivity contribution in [1.82, 2.24) is 9.97 Å². The summed E-state index contributed by atoms with van der Waals surface area (Å²) in [5, 5.41) is 2.78. The van der Waals surface area contributed by atoms with Gasteiger partial charge in [0.25, 0.3) is 0 Å². The number of alkyl halides is 3. The van der Waals surface area contributed by atoms with E-state index in [1.54, 1.807) is 12.1 Å². The molecule has 0 atom stereocenters. The van der Waals surface area contributed by atoms with Gasteiger partial charge in [0.1, 0.15) is 18.0 Å². The van der Waals surface area contributed by atoms with Crippen LogP contribution in [0.4, 0.5) is 24.7 Å². The number of anilines is 2. The van der Waals surface area contributed by atoms with Crippen LogP contribution in [0.5, 0.6) is 6.01 Å². The Morgan fingerprint density at radius 3 is 2.33 bits per heavy atom. The second-order valence-electron chi connectivity index (χ2n) is 7.42. The fourth-order valence-corrected chi connectivity index (χ4v) is 3.69. The fourth-order valence-electron chi connectivity index (χ4n) is 3.69. The Morgan fingerprint density at radius 2 is 1.67 bits per heavy atom. The minimum atomic E-state index is -4.58. The molecule has 0 saturated heterocycles. The van der Waals surface area contributed by atoms with Gasteiger partial charge < -0.3 is 10.1 Å². The summed E-state index contributed by atoms with van der Waals surface area (Å²) in [7, 11) is 0. The Kier molecular flexibility index (Phi) is 5.88. The molecule has 1 heterocycles. The zero-order chi connectivity index (χ0) is 21.0. The summed E-state index contributed by atoms with van der Waals surface area (Å²) in [6, 6.07) is 16.7. The lowest BCUT2D eigenvalue weighted by Crippen LogP contribution is -2.12. The van der Waals surface area contributed by atoms with Crippen LogP contribution in [0.1, 0.15) is 48.3 Å². The number of halogens is 3. The van der Waals surface area contributed by atoms with E-state index in [-0.39, 0.29) is 18.4 Å². The average Bonchev–Trinajstić information content (AvgIpc) is 3.28. The minimum Gasteiger partial charge on any atom is -0.459 e. The van der Waals surface area contributed by atoms with Crippen LogP contribution < -0.4 is 10.1 Å². The number of nitrogens with one attached hydrogen (secondary N) is 1. The van der Waals surface area contributed by atoms with E-state index in [4.69, 9.17) is 4.74 Å². The van der Waals surface area contributed by atoms with Crippen molar-refractivity contribution in [2.75, 3.05) is 5.32 Å². The number of hydrogen-bond acceptors (Lipinski definition) is 4. The van der Waals surface area contributed by atoms with Gasteiger partial charge in [-0.2, -0.15) is 18.2 Å². The molecule has 1 saturated carbocycles. The molecule has 0 aliphatic heterocycles. The maximum absolute atomic E-state index is 13.4. The normalized spacial score (nSPS) is 14.6. The van der Waals surface area contributed by atoms with Gasteiger partial charge in [0, 0.05) is 11.9 Å². The molecule has 7 heteroatoms. The SMILES string of the molecule is FC(F)(F)c1cnc(OCc2ccccc2)nc1Nc1ccc(C2CCCC2)cc1. The first-order valence-corrected chi connectivity index (χ1v) is 9.97. The standard InChI is InChI=1S/C23H22F3N3O/c24-23(25,26)20-14-27-22(30-15-16-6-2-1-3-7-16)29-21(20)28-19-12-10-18(11-13-19)17-8-4-5-9-17/h1-3,6-7,10-14,17H,4-5,8-9,15H2,(H,27,28,29). The number of aromatic nitrogens is 2. The molecule has 2 aromatic carbocycles. The van der Waals surface area contributed by atoms with Crippen molar-refractivity contribution in [2.24, 2.45) is 0 Å². The first kappa shape index (κ1) is 20.2. The monoisotopic (exact) mass is 413 g/mol. The smallest absolute Gasteiger partial charge is 0.421 e. The van der Waals surface area contributed by atoms with Crippen LogP contribution in [-0.4, -0.2) is 9.97 Å². The van der Waals surface area contributed by atoms with E-state index in [1.165, 1.54) is 31.2 Å². The summed E-state index contributed by atoms with van der Waals surface area (Å²) in [5.74, 6) is 0.219. The highest BCUT2D eigenvalue weighted by Crippen LogP contribution is 2.37. The maximum Gasteiger partial charge on any atom is 0.421 e. The first-order chi connectivity index (χ1) is 14.5. The molecule has 0 bridgehead atoms. The van der Waals surface area contributed by atoms with Gasteiger partial charge in [-0.25, -0.2) is 4.98 Å². The number of rotatable bonds is 6. The Hall–Kier alpha value is -3.09. The molecule has 0 unspecified atom stereocenters. The third-order valence-corrected chi connectivity index (χ3v) is 5.28. The number of hydrogen-bond donors (Lipinski definition) is 1. The van der Waals surface area contributed by atoms with Crippen molar-refractivity contribution in [2.45, 2.75) is 44.4 Å². The molecule has 1 aliphatic carbocycles. The molecular formula is C23H22F3N3O. The molecule has 30 heavy (non-hydrogen) atoms. The molecule has 3 aromatic rings. The summed E-state index contributed by atoms with van der Waals surface area (Å²) in [4.78, 5) is 7.72. The molecule has 1 aliphatic rings. The molecular weight excluding hydrogens is 391 g/mol. The van der Waals surface area contributed by atoms with E-state index in [0.29, 0.717) is 11.6 Å². The van der Waals surface area contributed by atoms with Gasteiger partial charge in [0.05, 0.1) is 0 Å². The van der Waals surface area contributed by atoms with Crippen LogP contribution in [-0.2, 0) is 12.8 Å². The zero-order valence-corrected chi connectivity index (χ0v) is 16.3. The van der Waals surface area contributed by atoms with Crippen molar-refractivity contribution >= 4 is 11.5 Å². The number of benzene rings is 2. The van der Waals surface area contributed by atoms with Crippen molar-refractivity contribution in [3.8, 4) is 6.01 Å². The summed E-state index contributed by atoms with van der Waals surface area (Å²) in [5.41, 5.74) is 1.70. The van der Waals surface area contributed by atoms with E-state index >= 15 is 0 Å². The van der Waals surface area contributed by atoms with Crippen molar-refractivity contribution in [3.63, 3.8) is 0 Å². The minimum absolute atomic E-state index is 0.114. The summed E-state index contributed by atoms with van der Waals surface area (Å²) >= 11 is 0. The summed E-state index contributed by atoms with van der Waals surface area (Å²) in [6.07, 6.45) is 0.962. The Morgan fingerprint density at radius 1 is 0.967 bits per heavy atom. The van der Waals surface area contributed by atoms with E-state index in [1.807, 2.05) is 42.5 Å². The lowest BCUT2D eigenvalue weighted by molar-refractivity contribution is -0.137. The van der Waals surface area contributed by atoms with Gasteiger partial charge in [-0.3, -0.25) is 0 Å². The van der Waals surface area contributed by atoms with Crippen LogP contribution in [0, 0.1) is 0 Å². The quantitative estimate of drug-likeness (QED) is 0.503. The predicted octanol–water partition coefficient (Wildman–Crippen LogP) is 6.48. The molecule has 4 nitrogen and oxygen atoms in total. The van der Waals surface area contributed by atoms with Crippen LogP contribution in [0.25, 0.3) is 0 Å². The third-order valence-electron chi connectivity index (χ3n) is 5.28. The highest BCUT2D eigenvalue weighted by atomic mass is 19.4. The lowest BCUT2D eigenvalue weighted by Gasteiger charge is -2.15. The van der Waals surface area contributed by atoms with Gasteiger partial charge in [0.15, 0.2) is 0 Å². The second-order valence-corrected chi connectivity index (χ2v) is 7.42. The Labute approximate surface area is 173 Å². The van der Waals surface area contributed by atoms with Gasteiger partial charge in [-0.1, -0.05) is 55.3 Å². The van der Waals surface area contributed by atoms with E-state index in [2.05, 4.69) is 15.3 Å². The molecule has 1 N–H and O–H groups in total. The molecule has 156 valence electrons. The van der Waals surface area contributed by atoms with E-state index in [0.717, 1.165) is 11.8 Å². The van der Waals surface area contributed by atoms with Crippen LogP contribution in [0.15, 0.2) is 60.8 Å². The van der Waals surface area contributed by atoms with E-state index < -0.39 is 11.7 Å². The van der Waals surface area contributed by atoms with Crippen molar-refractivity contribution in [3.05, 3.63) is 77.5 Å². The summed E-state index contributed by atoms with van der Waals surface area (Å²) in [6.45, 7) is 0.168. The molecule has 1 fully saturated rings. The Bertz CT molecular complexity index is 969. The highest BCUT2D eigenvalue weighted by Gasteiger charge is 2.35. The maximum atomic E-state index is 13.4. The highest BCUT2D eigenvalue weighted by molar-refractivity contribution is 5.60. The molecule has 0 radical (unpaired) electrons. The van der Waals surface area contributed by atoms with E-state index in [9.17, 15) is 13.2 Å². The van der Waals surface area contributed by atoms with Gasteiger partial charge in [-0.15, -0.1) is 0 Å². The number of ether oxygens (including phenoxy) is 1. The van der Waals surface area contributed by atoms with Crippen molar-refractivity contribution < 1.29 is 17.9 Å². The molecule has 4 rings (SSSR count). The van der Waals surface area contributed by atoms with Gasteiger partial charge >= 0.3 is 12.2 Å². The average molecular weight is 413 g/mol. The fraction of sp³-hybridized carbons (Fsp3) is 0.304. The van der Waals surface area contributed by atoms with Crippen LogP contribution >= 0.6 is 0 Å². The Balaban J connectivity index is 1.53. The second kappa shape index (κ2) is 8.73. The van der Waals surface area contributed by atoms with Crippen LogP contribution in [0.2, 0.25) is 0 Å². The molecule has 0 amide bonds. The van der Waals surface area contributed by atoms with Crippen LogP contribution in [0.3, 0.4) is 0 Å².